The molecule has 0 amide bonds. The fourth-order valence-electron chi connectivity index (χ4n) is 4.46. The van der Waals surface area contributed by atoms with Gasteiger partial charge in [0.2, 0.25) is 5.43 Å². The van der Waals surface area contributed by atoms with Gasteiger partial charge in [0, 0.05) is 29.3 Å². The van der Waals surface area contributed by atoms with Gasteiger partial charge in [-0.2, -0.15) is 0 Å². The van der Waals surface area contributed by atoms with Crippen LogP contribution in [0.15, 0.2) is 88.8 Å². The molecule has 5 heteroatoms. The molecule has 5 rings (SSSR count). The van der Waals surface area contributed by atoms with Crippen molar-refractivity contribution in [1.82, 2.24) is 4.57 Å². The number of benzene rings is 3. The molecular formula is C28H24N2O3. The van der Waals surface area contributed by atoms with Crippen LogP contribution in [0.25, 0.3) is 10.9 Å². The summed E-state index contributed by atoms with van der Waals surface area (Å²) in [5.74, 6) is -0.580. The Labute approximate surface area is 192 Å². The summed E-state index contributed by atoms with van der Waals surface area (Å²) in [6.07, 6.45) is 3.45. The summed E-state index contributed by atoms with van der Waals surface area (Å²) in [4.78, 5) is 30.8. The van der Waals surface area contributed by atoms with Gasteiger partial charge in [-0.05, 0) is 37.5 Å². The minimum absolute atomic E-state index is 0.0738. The summed E-state index contributed by atoms with van der Waals surface area (Å²) in [5, 5.41) is 0.511. The third-order valence-electron chi connectivity index (χ3n) is 5.91. The number of rotatable bonds is 5. The van der Waals surface area contributed by atoms with Crippen molar-refractivity contribution >= 4 is 28.3 Å². The summed E-state index contributed by atoms with van der Waals surface area (Å²) in [6.45, 7) is 2.72. The first kappa shape index (κ1) is 20.9. The van der Waals surface area contributed by atoms with E-state index in [1.165, 1.54) is 0 Å². The Hall–Kier alpha value is -3.99. The van der Waals surface area contributed by atoms with Crippen LogP contribution in [0.2, 0.25) is 0 Å². The van der Waals surface area contributed by atoms with Gasteiger partial charge in [-0.3, -0.25) is 4.79 Å². The molecule has 0 aliphatic carbocycles. The monoisotopic (exact) mass is 436 g/mol. The van der Waals surface area contributed by atoms with Crippen LogP contribution in [0.4, 0.5) is 5.69 Å². The second-order valence-corrected chi connectivity index (χ2v) is 8.08. The van der Waals surface area contributed by atoms with Crippen molar-refractivity contribution in [3.8, 4) is 0 Å². The van der Waals surface area contributed by atoms with E-state index in [0.717, 1.165) is 47.3 Å². The van der Waals surface area contributed by atoms with E-state index in [1.807, 2.05) is 65.2 Å². The Balaban J connectivity index is 1.74. The number of carbonyl (C=O) groups excluding carboxylic acids is 1. The highest BCUT2D eigenvalue weighted by atomic mass is 16.5. The van der Waals surface area contributed by atoms with Crippen LogP contribution in [0.3, 0.4) is 0 Å². The summed E-state index contributed by atoms with van der Waals surface area (Å²) < 4.78 is 7.14. The van der Waals surface area contributed by atoms with E-state index in [2.05, 4.69) is 6.07 Å². The number of aryl methyl sites for hydroxylation is 2. The first-order valence-corrected chi connectivity index (χ1v) is 11.2. The lowest BCUT2D eigenvalue weighted by Gasteiger charge is -2.21. The highest BCUT2D eigenvalue weighted by Crippen LogP contribution is 2.30. The van der Waals surface area contributed by atoms with Gasteiger partial charge in [0.05, 0.1) is 23.5 Å². The van der Waals surface area contributed by atoms with Gasteiger partial charge in [0.15, 0.2) is 0 Å². The summed E-state index contributed by atoms with van der Waals surface area (Å²) in [7, 11) is 0. The molecule has 0 N–H and O–H groups in total. The fraction of sp³-hybridized carbons (Fsp3) is 0.179. The minimum atomic E-state index is -0.580. The summed E-state index contributed by atoms with van der Waals surface area (Å²) in [5.41, 5.74) is 5.26. The lowest BCUT2D eigenvalue weighted by atomic mass is 9.98. The third kappa shape index (κ3) is 3.98. The van der Waals surface area contributed by atoms with Crippen molar-refractivity contribution in [3.63, 3.8) is 0 Å². The standard InChI is InChI=1S/C28H24N2O3/c1-2-33-28(32)24-18-30-15-9-14-21-16-22(17-23(26(21)30)27(24)31)29-25(19-10-5-3-6-11-19)20-12-7-4-8-13-20/h3-8,10-13,16-18H,2,9,14-15H2,1H3. The van der Waals surface area contributed by atoms with Gasteiger partial charge in [-0.25, -0.2) is 9.79 Å². The van der Waals surface area contributed by atoms with Crippen molar-refractivity contribution in [3.05, 3.63) is 111 Å². The Morgan fingerprint density at radius 1 is 1.00 bits per heavy atom. The normalized spacial score (nSPS) is 12.4. The maximum Gasteiger partial charge on any atom is 0.343 e. The molecule has 4 aromatic rings. The molecule has 0 saturated carbocycles. The van der Waals surface area contributed by atoms with Crippen LogP contribution in [0.1, 0.15) is 40.4 Å². The maximum absolute atomic E-state index is 13.3. The molecule has 164 valence electrons. The van der Waals surface area contributed by atoms with Crippen molar-refractivity contribution in [2.24, 2.45) is 4.99 Å². The third-order valence-corrected chi connectivity index (χ3v) is 5.91. The van der Waals surface area contributed by atoms with E-state index >= 15 is 0 Å². The number of hydrogen-bond acceptors (Lipinski definition) is 4. The van der Waals surface area contributed by atoms with Gasteiger partial charge >= 0.3 is 5.97 Å². The van der Waals surface area contributed by atoms with Gasteiger partial charge in [-0.1, -0.05) is 60.7 Å². The fourth-order valence-corrected chi connectivity index (χ4v) is 4.46. The number of carbonyl (C=O) groups is 1. The molecule has 3 aromatic carbocycles. The Morgan fingerprint density at radius 2 is 1.67 bits per heavy atom. The molecule has 33 heavy (non-hydrogen) atoms. The molecule has 0 atom stereocenters. The zero-order valence-corrected chi connectivity index (χ0v) is 18.5. The Morgan fingerprint density at radius 3 is 2.30 bits per heavy atom. The van der Waals surface area contributed by atoms with Crippen molar-refractivity contribution in [2.45, 2.75) is 26.3 Å². The lowest BCUT2D eigenvalue weighted by Crippen LogP contribution is -2.23. The van der Waals surface area contributed by atoms with Crippen LogP contribution in [0, 0.1) is 0 Å². The Kier molecular flexibility index (Phi) is 5.61. The predicted octanol–water partition coefficient (Wildman–Crippen LogP) is 5.29. The SMILES string of the molecule is CCOC(=O)c1cn2c3c(cc(N=C(c4ccccc4)c4ccccc4)cc3c1=O)CCC2. The van der Waals surface area contributed by atoms with E-state index in [1.54, 1.807) is 19.2 Å². The molecule has 1 aromatic heterocycles. The van der Waals surface area contributed by atoms with Crippen molar-refractivity contribution in [2.75, 3.05) is 6.61 Å². The van der Waals surface area contributed by atoms with E-state index in [9.17, 15) is 9.59 Å². The first-order valence-electron chi connectivity index (χ1n) is 11.2. The Bertz CT molecular complexity index is 1380. The number of pyridine rings is 1. The van der Waals surface area contributed by atoms with E-state index < -0.39 is 5.97 Å². The van der Waals surface area contributed by atoms with E-state index in [-0.39, 0.29) is 17.6 Å². The number of aliphatic imine (C=N–C) groups is 1. The second kappa shape index (κ2) is 8.87. The van der Waals surface area contributed by atoms with Crippen molar-refractivity contribution < 1.29 is 9.53 Å². The average Bonchev–Trinajstić information content (AvgIpc) is 2.85. The smallest absolute Gasteiger partial charge is 0.343 e. The molecule has 0 saturated heterocycles. The average molecular weight is 437 g/mol. The highest BCUT2D eigenvalue weighted by molar-refractivity contribution is 6.14. The van der Waals surface area contributed by atoms with Crippen LogP contribution in [0.5, 0.6) is 0 Å². The topological polar surface area (TPSA) is 60.7 Å². The molecule has 5 nitrogen and oxygen atoms in total. The first-order chi connectivity index (χ1) is 16.2. The predicted molar refractivity (Wildman–Crippen MR) is 131 cm³/mol. The van der Waals surface area contributed by atoms with Crippen LogP contribution < -0.4 is 5.43 Å². The molecule has 0 unspecified atom stereocenters. The lowest BCUT2D eigenvalue weighted by molar-refractivity contribution is 0.0524. The summed E-state index contributed by atoms with van der Waals surface area (Å²) in [6, 6.07) is 23.9. The largest absolute Gasteiger partial charge is 0.462 e. The number of aromatic nitrogens is 1. The zero-order valence-electron chi connectivity index (χ0n) is 18.5. The second-order valence-electron chi connectivity index (χ2n) is 8.08. The summed E-state index contributed by atoms with van der Waals surface area (Å²) >= 11 is 0. The molecular weight excluding hydrogens is 412 g/mol. The molecule has 1 aliphatic heterocycles. The molecule has 0 bridgehead atoms. The molecule has 0 fully saturated rings. The van der Waals surface area contributed by atoms with Gasteiger partial charge in [-0.15, -0.1) is 0 Å². The number of nitrogens with zero attached hydrogens (tertiary/aromatic N) is 2. The van der Waals surface area contributed by atoms with E-state index in [0.29, 0.717) is 11.1 Å². The van der Waals surface area contributed by atoms with Gasteiger partial charge in [0.1, 0.15) is 5.56 Å². The van der Waals surface area contributed by atoms with E-state index in [4.69, 9.17) is 9.73 Å². The number of ether oxygens (including phenoxy) is 1. The van der Waals surface area contributed by atoms with Crippen molar-refractivity contribution in [1.29, 1.82) is 0 Å². The molecule has 0 radical (unpaired) electrons. The van der Waals surface area contributed by atoms with Crippen LogP contribution in [-0.2, 0) is 17.7 Å². The zero-order chi connectivity index (χ0) is 22.8. The van der Waals surface area contributed by atoms with Gasteiger partial charge in [0.25, 0.3) is 0 Å². The quantitative estimate of drug-likeness (QED) is 0.315. The van der Waals surface area contributed by atoms with Crippen LogP contribution >= 0.6 is 0 Å². The number of esters is 1. The molecule has 1 aliphatic rings. The number of hydrogen-bond donors (Lipinski definition) is 0. The maximum atomic E-state index is 13.3. The van der Waals surface area contributed by atoms with Crippen LogP contribution in [-0.4, -0.2) is 22.9 Å². The van der Waals surface area contributed by atoms with Gasteiger partial charge < -0.3 is 9.30 Å². The highest BCUT2D eigenvalue weighted by Gasteiger charge is 2.21. The molecule has 0 spiro atoms. The molecule has 2 heterocycles. The minimum Gasteiger partial charge on any atom is -0.462 e.